The number of aliphatic hydroxyl groups is 12. The fourth-order valence-electron chi connectivity index (χ4n) is 15.0. The third kappa shape index (κ3) is 19.5. The van der Waals surface area contributed by atoms with Gasteiger partial charge in [0.15, 0.2) is 48.6 Å². The number of hydrogen-bond acceptors (Lipinski definition) is 35. The van der Waals surface area contributed by atoms with Crippen LogP contribution in [-0.4, -0.2) is 342 Å². The number of alkyl halides is 8. The van der Waals surface area contributed by atoms with Crippen molar-refractivity contribution in [2.75, 3.05) is 63.7 Å². The molecule has 0 spiro atoms. The molecule has 14 aliphatic rings. The second-order valence-electron chi connectivity index (χ2n) is 29.9. The number of amides is 3. The van der Waals surface area contributed by atoms with Gasteiger partial charge < -0.3 is 152 Å². The van der Waals surface area contributed by atoms with E-state index in [1.807, 2.05) is 12.5 Å². The van der Waals surface area contributed by atoms with Crippen LogP contribution in [0.1, 0.15) is 39.5 Å². The highest BCUT2D eigenvalue weighted by Gasteiger charge is 2.66. The molecule has 0 aromatic rings. The van der Waals surface area contributed by atoms with Crippen LogP contribution in [0.3, 0.4) is 0 Å². The zero-order valence-electron chi connectivity index (χ0n) is 65.5. The van der Waals surface area contributed by atoms with E-state index in [4.69, 9.17) is 115 Å². The lowest BCUT2D eigenvalue weighted by Crippen LogP contribution is -2.52. The Labute approximate surface area is 729 Å². The molecular weight excluding hydrogens is 1750 g/mol. The molecular formula is C74H103Cl6F2N15O21S2. The summed E-state index contributed by atoms with van der Waals surface area (Å²) in [5.74, 6) is 3.03. The maximum Gasteiger partial charge on any atom is 0.250 e. The van der Waals surface area contributed by atoms with E-state index in [9.17, 15) is 84.4 Å². The molecule has 0 radical (unpaired) electrons. The summed E-state index contributed by atoms with van der Waals surface area (Å²) in [6.07, 6.45) is 10.8. The summed E-state index contributed by atoms with van der Waals surface area (Å²) in [7, 11) is 0. The molecule has 120 heavy (non-hydrogen) atoms. The average molecular weight is 1850 g/mol. The molecule has 0 bridgehead atoms. The smallest absolute Gasteiger partial charge is 0.250 e. The number of halogens is 8. The van der Waals surface area contributed by atoms with Gasteiger partial charge in [0, 0.05) is 66.9 Å². The number of ether oxygens (including phenoxy) is 6. The number of carbonyl (C=O) groups is 3. The zero-order chi connectivity index (χ0) is 89.0. The predicted octanol–water partition coefficient (Wildman–Crippen LogP) is -0.262. The van der Waals surface area contributed by atoms with Crippen LogP contribution in [0.5, 0.6) is 0 Å². The second-order valence-corrected chi connectivity index (χ2v) is 34.7. The Kier molecular flexibility index (Phi) is 32.8. The molecule has 14 rings (SSSR count). The standard InChI is InChI=1S/C13H18ClN3O3.C13H17ClN2O4.C12H17ClFN3O3.C12H16ClFN2O4.C12H18ClN3O3S.C12H17ClN2O4S/c1-7-16-9(15)4-5-17(7)12-10(14)11(19)13(6-18,20-12)8-2-3-8;1-7-15-9(18)4-5-16(7)12-10(14)11(19)13(6-17,20-12)8-2-3-8;1-6(14)12(5-18)10(19)9(13)11(20-12)17-4-3-8(15)16-7(17)2;1-6(14)12(5-17)10(19)9(13)11(20-12)16-4-3-8(18)15-7(16)2;1-7-15-8(14)3-4-16(7)11-9(13)10(18)12(5-17,19-11)6-20-2;1-7-14-8(17)3-4-15(7)11-9(13)10(18)12(5-16,19-11)6-20-2/h4-5,8,10-12,18-19H,1-3,6H2,(H2,15,16);4-5,8,10-12,17,19H,1-3,6H2,(H,15,18);3-4,6,9-11,18-19H,2,5H2,1H3,(H2,15,16);3-4,6,9-11,17,19H,2,5H2,1H3,(H,15,18);3-4,9-11,17-18H,1,5-6H2,2H3,(H2,14,15);3-4,9-11,16,18H,1,5-6H2,2H3,(H,14,17)/t2*10-,11+,12-,13+;2*6?,9-,10+,11-,12+;2*9-,10+,11-,12+/m111111/s1. The normalized spacial score (nSPS) is 39.2. The van der Waals surface area contributed by atoms with Crippen LogP contribution in [-0.2, 0) is 42.8 Å². The summed E-state index contributed by atoms with van der Waals surface area (Å²) in [6, 6.07) is 0. The molecule has 668 valence electrons. The van der Waals surface area contributed by atoms with Gasteiger partial charge in [-0.15, -0.1) is 69.6 Å². The molecule has 21 N–H and O–H groups in total. The summed E-state index contributed by atoms with van der Waals surface area (Å²) in [6.45, 7) is 22.2. The summed E-state index contributed by atoms with van der Waals surface area (Å²) < 4.78 is 62.1. The lowest BCUT2D eigenvalue weighted by molar-refractivity contribution is -0.165. The van der Waals surface area contributed by atoms with Gasteiger partial charge in [-0.05, 0) is 82.1 Å². The van der Waals surface area contributed by atoms with Gasteiger partial charge in [0.2, 0.25) is 0 Å². The van der Waals surface area contributed by atoms with E-state index in [0.717, 1.165) is 25.7 Å². The van der Waals surface area contributed by atoms with Crippen molar-refractivity contribution >= 4 is 128 Å². The quantitative estimate of drug-likeness (QED) is 0.0698. The van der Waals surface area contributed by atoms with E-state index in [1.165, 1.54) is 96.3 Å². The van der Waals surface area contributed by atoms with E-state index in [2.05, 4.69) is 70.4 Å². The first-order valence-electron chi connectivity index (χ1n) is 37.3. The van der Waals surface area contributed by atoms with Gasteiger partial charge in [-0.1, -0.05) is 39.5 Å². The van der Waals surface area contributed by atoms with Crippen LogP contribution >= 0.6 is 93.1 Å². The van der Waals surface area contributed by atoms with E-state index in [-0.39, 0.29) is 73.5 Å². The minimum Gasteiger partial charge on any atom is -0.393 e. The van der Waals surface area contributed by atoms with Crippen LogP contribution in [0.25, 0.3) is 0 Å². The highest BCUT2D eigenvalue weighted by molar-refractivity contribution is 7.98. The Morgan fingerprint density at radius 2 is 0.667 bits per heavy atom. The third-order valence-corrected chi connectivity index (χ3v) is 26.5. The highest BCUT2D eigenvalue weighted by Crippen LogP contribution is 2.53. The number of nitrogens with two attached hydrogens (primary N) is 3. The molecule has 2 aliphatic carbocycles. The first kappa shape index (κ1) is 97.9. The topological polar surface area (TPSA) is 520 Å². The zero-order valence-corrected chi connectivity index (χ0v) is 71.7. The van der Waals surface area contributed by atoms with Gasteiger partial charge in [-0.2, -0.15) is 23.5 Å². The number of aliphatic hydroxyl groups excluding tert-OH is 12. The molecule has 12 aliphatic heterocycles. The molecule has 0 aromatic carbocycles. The van der Waals surface area contributed by atoms with Gasteiger partial charge in [0.25, 0.3) is 17.7 Å². The fourth-order valence-corrected chi connectivity index (χ4v) is 19.0. The van der Waals surface area contributed by atoms with Gasteiger partial charge in [0.1, 0.15) is 156 Å². The number of hydrogen-bond donors (Lipinski definition) is 18. The Morgan fingerprint density at radius 3 is 0.908 bits per heavy atom. The number of aliphatic imine (C=N–C) groups is 3. The minimum absolute atomic E-state index is 0.116. The summed E-state index contributed by atoms with van der Waals surface area (Å²) >= 11 is 40.2. The van der Waals surface area contributed by atoms with E-state index < -0.39 is 165 Å². The van der Waals surface area contributed by atoms with Crippen LogP contribution in [0, 0.1) is 11.8 Å². The van der Waals surface area contributed by atoms with Crippen molar-refractivity contribution in [3.05, 3.63) is 148 Å². The molecule has 0 aromatic heterocycles. The maximum atomic E-state index is 13.8. The lowest BCUT2D eigenvalue weighted by atomic mass is 9.92. The Morgan fingerprint density at radius 1 is 0.417 bits per heavy atom. The number of carbonyl (C=O) groups excluding carboxylic acids is 3. The van der Waals surface area contributed by atoms with Gasteiger partial charge >= 0.3 is 0 Å². The first-order chi connectivity index (χ1) is 56.5. The van der Waals surface area contributed by atoms with Gasteiger partial charge in [0.05, 0.1) is 39.6 Å². The van der Waals surface area contributed by atoms with Crippen molar-refractivity contribution in [3.8, 4) is 0 Å². The average Bonchev–Trinajstić information content (AvgIpc) is 1.58. The summed E-state index contributed by atoms with van der Waals surface area (Å²) in [5.41, 5.74) is 8.93. The molecule has 8 fully saturated rings. The molecule has 3 amide bonds. The summed E-state index contributed by atoms with van der Waals surface area (Å²) in [4.78, 5) is 54.8. The van der Waals surface area contributed by atoms with E-state index >= 15 is 0 Å². The van der Waals surface area contributed by atoms with Crippen molar-refractivity contribution in [2.45, 2.75) is 192 Å². The van der Waals surface area contributed by atoms with Crippen LogP contribution in [0.2, 0.25) is 0 Å². The minimum atomic E-state index is -1.80. The number of thioether (sulfide) groups is 2. The Balaban J connectivity index is 0.000000164. The number of rotatable bonds is 20. The number of nitrogens with one attached hydrogen (secondary N) is 3. The molecule has 12 heterocycles. The molecule has 36 nitrogen and oxygen atoms in total. The Bertz CT molecular complexity index is 3950. The van der Waals surface area contributed by atoms with E-state index in [1.54, 1.807) is 44.2 Å². The van der Waals surface area contributed by atoms with Crippen molar-refractivity contribution in [3.63, 3.8) is 0 Å². The Hall–Kier alpha value is -5.92. The highest BCUT2D eigenvalue weighted by atomic mass is 35.5. The lowest BCUT2D eigenvalue weighted by Gasteiger charge is -2.34. The van der Waals surface area contributed by atoms with Crippen molar-refractivity contribution in [1.82, 2.24) is 45.3 Å². The molecule has 6 saturated heterocycles. The molecule has 46 heteroatoms. The SMILES string of the molecule is C=C1N=C(N)C=CN1[C@@H]1O[C@@](CO)(C(C)F)[C@@H](O)[C@H]1Cl.C=C1N=C(N)C=CN1[C@@H]1O[C@@](CO)(C2CC2)[C@@H](O)[C@H]1Cl.C=C1N=C(N)C=CN1[C@@H]1O[C@@](CO)(CSC)[C@@H](O)[C@H]1Cl.C=C1NC(=O)C=CN1[C@@H]1O[C@@](CO)(C(C)F)[C@@H](O)[C@H]1Cl.C=C1NC(=O)C=CN1[C@@H]1O[C@@](CO)(C2CC2)[C@@H](O)[C@H]1Cl.C=C1NC(=O)C=CN1[C@@H]1O[C@@](CO)(CSC)[C@@H](O)[C@H]1Cl. The maximum absolute atomic E-state index is 13.8. The van der Waals surface area contributed by atoms with Crippen LogP contribution in [0.15, 0.2) is 163 Å². The monoisotopic (exact) mass is 1850 g/mol. The summed E-state index contributed by atoms with van der Waals surface area (Å²) in [5, 5.41) is 122. The first-order valence-corrected chi connectivity index (χ1v) is 42.7. The molecule has 2 saturated carbocycles. The largest absolute Gasteiger partial charge is 0.393 e. The third-order valence-electron chi connectivity index (χ3n) is 22.2. The van der Waals surface area contributed by atoms with Crippen LogP contribution < -0.4 is 33.2 Å². The van der Waals surface area contributed by atoms with E-state index in [0.29, 0.717) is 46.5 Å². The number of nitrogens with zero attached hydrogens (tertiary/aromatic N) is 9. The molecule has 26 atom stereocenters. The van der Waals surface area contributed by atoms with Crippen molar-refractivity contribution in [1.29, 1.82) is 0 Å². The van der Waals surface area contributed by atoms with Gasteiger partial charge in [-0.3, -0.25) is 14.4 Å². The van der Waals surface area contributed by atoms with Crippen molar-refractivity contribution in [2.24, 2.45) is 44.0 Å². The second kappa shape index (κ2) is 40.2. The molecule has 2 unspecified atom stereocenters. The van der Waals surface area contributed by atoms with Gasteiger partial charge in [-0.25, -0.2) is 23.8 Å². The predicted molar refractivity (Wildman–Crippen MR) is 445 cm³/mol. The van der Waals surface area contributed by atoms with Crippen molar-refractivity contribution < 1.29 is 113 Å². The number of amidine groups is 3. The van der Waals surface area contributed by atoms with Crippen LogP contribution in [0.4, 0.5) is 8.78 Å². The fraction of sp³-hybridized carbons (Fsp3) is 0.595.